The van der Waals surface area contributed by atoms with Crippen LogP contribution < -0.4 is 5.56 Å². The molecule has 0 bridgehead atoms. The number of carbonyl (C=O) groups is 2. The molecule has 3 aromatic rings. The molecule has 31 heavy (non-hydrogen) atoms. The van der Waals surface area contributed by atoms with Crippen LogP contribution in [-0.4, -0.2) is 67.1 Å². The number of carbonyl (C=O) groups excluding carboxylic acids is 2. The molecule has 9 heteroatoms. The van der Waals surface area contributed by atoms with Gasteiger partial charge in [-0.15, -0.1) is 0 Å². The minimum atomic E-state index is -0.199. The van der Waals surface area contributed by atoms with Gasteiger partial charge in [-0.05, 0) is 26.0 Å². The van der Waals surface area contributed by atoms with Crippen LogP contribution >= 0.6 is 0 Å². The molecular weight excluding hydrogens is 396 g/mol. The number of fused-ring (bicyclic) bond motifs is 1. The summed E-state index contributed by atoms with van der Waals surface area (Å²) in [5.74, 6) is 0.547. The molecular formula is C22H26N6O3. The maximum absolute atomic E-state index is 13.1. The number of aryl methyl sites for hydroxylation is 2. The van der Waals surface area contributed by atoms with Crippen molar-refractivity contribution in [2.45, 2.75) is 33.7 Å². The van der Waals surface area contributed by atoms with Gasteiger partial charge in [0.25, 0.3) is 5.56 Å². The SMILES string of the molecule is CC(=O)N1CCN(C(=O)CCn2c(C)nc3c(cnn3-c3ccc(C)cc3)c2=O)CC1. The molecule has 4 rings (SSSR count). The molecule has 1 aliphatic heterocycles. The highest BCUT2D eigenvalue weighted by atomic mass is 16.2. The number of hydrogen-bond donors (Lipinski definition) is 0. The molecule has 1 fully saturated rings. The molecule has 3 heterocycles. The monoisotopic (exact) mass is 422 g/mol. The maximum Gasteiger partial charge on any atom is 0.264 e. The standard InChI is InChI=1S/C22H26N6O3/c1-15-4-6-18(7-5-15)28-21-19(14-23-28)22(31)27(16(2)24-21)9-8-20(30)26-12-10-25(11-13-26)17(3)29/h4-7,14H,8-13H2,1-3H3. The minimum absolute atomic E-state index is 0.0232. The number of aromatic nitrogens is 4. The van der Waals surface area contributed by atoms with E-state index in [4.69, 9.17) is 0 Å². The number of hydrogen-bond acceptors (Lipinski definition) is 5. The predicted molar refractivity (Wildman–Crippen MR) is 116 cm³/mol. The van der Waals surface area contributed by atoms with E-state index < -0.39 is 0 Å². The van der Waals surface area contributed by atoms with Crippen molar-refractivity contribution in [2.24, 2.45) is 0 Å². The van der Waals surface area contributed by atoms with E-state index in [0.29, 0.717) is 43.0 Å². The molecule has 2 amide bonds. The Morgan fingerprint density at radius 1 is 1.00 bits per heavy atom. The molecule has 1 aromatic carbocycles. The van der Waals surface area contributed by atoms with Crippen molar-refractivity contribution in [3.63, 3.8) is 0 Å². The van der Waals surface area contributed by atoms with Crippen molar-refractivity contribution in [2.75, 3.05) is 26.2 Å². The first-order valence-electron chi connectivity index (χ1n) is 10.4. The summed E-state index contributed by atoms with van der Waals surface area (Å²) in [6.07, 6.45) is 1.74. The van der Waals surface area contributed by atoms with Crippen LogP contribution in [0, 0.1) is 13.8 Å². The summed E-state index contributed by atoms with van der Waals surface area (Å²) < 4.78 is 3.19. The van der Waals surface area contributed by atoms with Crippen LogP contribution in [-0.2, 0) is 16.1 Å². The van der Waals surface area contributed by atoms with Crippen LogP contribution in [0.2, 0.25) is 0 Å². The van der Waals surface area contributed by atoms with Gasteiger partial charge in [-0.1, -0.05) is 17.7 Å². The van der Waals surface area contributed by atoms with Crippen LogP contribution in [0.3, 0.4) is 0 Å². The maximum atomic E-state index is 13.1. The van der Waals surface area contributed by atoms with Crippen LogP contribution in [0.5, 0.6) is 0 Å². The lowest BCUT2D eigenvalue weighted by Gasteiger charge is -2.34. The summed E-state index contributed by atoms with van der Waals surface area (Å²) in [7, 11) is 0. The Hall–Kier alpha value is -3.49. The van der Waals surface area contributed by atoms with Gasteiger partial charge < -0.3 is 9.80 Å². The Morgan fingerprint density at radius 3 is 2.29 bits per heavy atom. The molecule has 9 nitrogen and oxygen atoms in total. The van der Waals surface area contributed by atoms with Crippen LogP contribution in [0.4, 0.5) is 0 Å². The third-order valence-electron chi connectivity index (χ3n) is 5.78. The topological polar surface area (TPSA) is 93.3 Å². The molecule has 0 unspecified atom stereocenters. The van der Waals surface area contributed by atoms with E-state index in [1.165, 1.54) is 17.7 Å². The number of nitrogens with zero attached hydrogens (tertiary/aromatic N) is 6. The fourth-order valence-corrected chi connectivity index (χ4v) is 3.88. The minimum Gasteiger partial charge on any atom is -0.339 e. The van der Waals surface area contributed by atoms with Crippen molar-refractivity contribution in [3.05, 3.63) is 52.2 Å². The van der Waals surface area contributed by atoms with Crippen molar-refractivity contribution in [1.29, 1.82) is 0 Å². The zero-order chi connectivity index (χ0) is 22.1. The molecule has 0 spiro atoms. The fraction of sp³-hybridized carbons (Fsp3) is 0.409. The van der Waals surface area contributed by atoms with E-state index >= 15 is 0 Å². The molecule has 2 aromatic heterocycles. The number of benzene rings is 1. The summed E-state index contributed by atoms with van der Waals surface area (Å²) in [5.41, 5.74) is 2.29. The number of rotatable bonds is 4. The highest BCUT2D eigenvalue weighted by Crippen LogP contribution is 2.15. The summed E-state index contributed by atoms with van der Waals surface area (Å²) in [6.45, 7) is 7.71. The zero-order valence-electron chi connectivity index (χ0n) is 18.0. The first kappa shape index (κ1) is 20.8. The van der Waals surface area contributed by atoms with Crippen LogP contribution in [0.25, 0.3) is 16.7 Å². The normalized spacial score (nSPS) is 14.3. The summed E-state index contributed by atoms with van der Waals surface area (Å²) >= 11 is 0. The van der Waals surface area contributed by atoms with Crippen molar-refractivity contribution in [3.8, 4) is 5.69 Å². The molecule has 1 saturated heterocycles. The number of amides is 2. The fourth-order valence-electron chi connectivity index (χ4n) is 3.88. The third kappa shape index (κ3) is 4.08. The van der Waals surface area contributed by atoms with Gasteiger partial charge in [0, 0.05) is 46.1 Å². The smallest absolute Gasteiger partial charge is 0.264 e. The summed E-state index contributed by atoms with van der Waals surface area (Å²) in [5, 5.41) is 4.79. The van der Waals surface area contributed by atoms with E-state index in [9.17, 15) is 14.4 Å². The van der Waals surface area contributed by atoms with Gasteiger partial charge in [-0.3, -0.25) is 19.0 Å². The Kier molecular flexibility index (Phi) is 5.58. The second-order valence-corrected chi connectivity index (χ2v) is 7.88. The summed E-state index contributed by atoms with van der Waals surface area (Å²) in [4.78, 5) is 45.2. The zero-order valence-corrected chi connectivity index (χ0v) is 18.0. The van der Waals surface area contributed by atoms with Crippen LogP contribution in [0.15, 0.2) is 35.3 Å². The first-order valence-corrected chi connectivity index (χ1v) is 10.4. The average Bonchev–Trinajstić information content (AvgIpc) is 3.18. The van der Waals surface area contributed by atoms with Crippen LogP contribution in [0.1, 0.15) is 24.7 Å². The van der Waals surface area contributed by atoms with Gasteiger partial charge in [0.2, 0.25) is 11.8 Å². The first-order chi connectivity index (χ1) is 14.8. The number of piperazine rings is 1. The van der Waals surface area contributed by atoms with E-state index in [2.05, 4.69) is 10.1 Å². The van der Waals surface area contributed by atoms with Crippen molar-refractivity contribution >= 4 is 22.8 Å². The van der Waals surface area contributed by atoms with Gasteiger partial charge in [0.1, 0.15) is 11.2 Å². The van der Waals surface area contributed by atoms with Gasteiger partial charge in [0.05, 0.1) is 11.9 Å². The van der Waals surface area contributed by atoms with E-state index in [1.807, 2.05) is 31.2 Å². The lowest BCUT2D eigenvalue weighted by Crippen LogP contribution is -2.50. The summed E-state index contributed by atoms with van der Waals surface area (Å²) in [6, 6.07) is 7.85. The highest BCUT2D eigenvalue weighted by Gasteiger charge is 2.22. The molecule has 0 saturated carbocycles. The van der Waals surface area contributed by atoms with Gasteiger partial charge in [-0.2, -0.15) is 5.10 Å². The quantitative estimate of drug-likeness (QED) is 0.631. The lowest BCUT2D eigenvalue weighted by molar-refractivity contribution is -0.138. The lowest BCUT2D eigenvalue weighted by atomic mass is 10.2. The average molecular weight is 422 g/mol. The van der Waals surface area contributed by atoms with Crippen molar-refractivity contribution < 1.29 is 9.59 Å². The molecule has 0 atom stereocenters. The molecule has 1 aliphatic rings. The van der Waals surface area contributed by atoms with Gasteiger partial charge >= 0.3 is 0 Å². The largest absolute Gasteiger partial charge is 0.339 e. The second-order valence-electron chi connectivity index (χ2n) is 7.88. The second kappa shape index (κ2) is 8.33. The Bertz CT molecular complexity index is 1190. The molecule has 0 radical (unpaired) electrons. The van der Waals surface area contributed by atoms with Crippen molar-refractivity contribution in [1.82, 2.24) is 29.1 Å². The third-order valence-corrected chi connectivity index (χ3v) is 5.78. The van der Waals surface area contributed by atoms with E-state index in [0.717, 1.165) is 11.3 Å². The predicted octanol–water partition coefficient (Wildman–Crippen LogP) is 1.28. The van der Waals surface area contributed by atoms with Gasteiger partial charge in [0.15, 0.2) is 5.65 Å². The molecule has 0 N–H and O–H groups in total. The Balaban J connectivity index is 1.51. The highest BCUT2D eigenvalue weighted by molar-refractivity contribution is 5.78. The molecule has 162 valence electrons. The Labute approximate surface area is 179 Å². The van der Waals surface area contributed by atoms with Gasteiger partial charge in [-0.25, -0.2) is 9.67 Å². The molecule has 0 aliphatic carbocycles. The Morgan fingerprint density at radius 2 is 1.65 bits per heavy atom. The van der Waals surface area contributed by atoms with E-state index in [1.54, 1.807) is 21.4 Å². The van der Waals surface area contributed by atoms with E-state index in [-0.39, 0.29) is 30.3 Å².